The van der Waals surface area contributed by atoms with E-state index in [1.807, 2.05) is 24.3 Å². The quantitative estimate of drug-likeness (QED) is 0.470. The highest BCUT2D eigenvalue weighted by molar-refractivity contribution is 8.00. The second kappa shape index (κ2) is 8.11. The minimum absolute atomic E-state index is 0.202. The molecule has 0 aliphatic rings. The number of hydrogen-bond donors (Lipinski definition) is 2. The molecule has 1 amide bonds. The summed E-state index contributed by atoms with van der Waals surface area (Å²) >= 11 is 1.10. The van der Waals surface area contributed by atoms with Crippen LogP contribution in [0.25, 0.3) is 0 Å². The van der Waals surface area contributed by atoms with E-state index in [1.165, 1.54) is 12.5 Å². The predicted octanol–water partition coefficient (Wildman–Crippen LogP) is 2.96. The molecule has 0 radical (unpaired) electrons. The highest BCUT2D eigenvalue weighted by atomic mass is 32.2. The summed E-state index contributed by atoms with van der Waals surface area (Å²) in [6.07, 6.45) is 0.932. The number of benzene rings is 1. The second-order valence-corrected chi connectivity index (χ2v) is 7.03. The number of carbonyl (C=O) groups excluding carboxylic acids is 2. The number of thioether (sulfide) groups is 1. The molecular weight excluding hydrogens is 338 g/mol. The van der Waals surface area contributed by atoms with Gasteiger partial charge in [0.2, 0.25) is 5.91 Å². The number of rotatable bonds is 6. The summed E-state index contributed by atoms with van der Waals surface area (Å²) in [7, 11) is 0. The van der Waals surface area contributed by atoms with Gasteiger partial charge >= 0.3 is 5.69 Å². The number of nitrogens with one attached hydrogen (secondary N) is 2. The summed E-state index contributed by atoms with van der Waals surface area (Å²) in [6, 6.07) is 7.63. The lowest BCUT2D eigenvalue weighted by molar-refractivity contribution is -0.115. The summed E-state index contributed by atoms with van der Waals surface area (Å²) in [5.74, 6) is -0.421. The highest BCUT2D eigenvalue weighted by Gasteiger charge is 2.21. The number of hydrogen-bond acceptors (Lipinski definition) is 5. The van der Waals surface area contributed by atoms with E-state index in [0.29, 0.717) is 16.9 Å². The van der Waals surface area contributed by atoms with E-state index in [1.54, 1.807) is 13.8 Å². The fourth-order valence-corrected chi connectivity index (χ4v) is 3.40. The van der Waals surface area contributed by atoms with Crippen LogP contribution in [0.1, 0.15) is 42.4 Å². The summed E-state index contributed by atoms with van der Waals surface area (Å²) in [6.45, 7) is 6.83. The van der Waals surface area contributed by atoms with Crippen LogP contribution in [-0.4, -0.2) is 26.9 Å². The van der Waals surface area contributed by atoms with Crippen LogP contribution in [0.3, 0.4) is 0 Å². The second-order valence-electron chi connectivity index (χ2n) is 5.70. The van der Waals surface area contributed by atoms with Gasteiger partial charge in [0.25, 0.3) is 0 Å². The van der Waals surface area contributed by atoms with Crippen molar-refractivity contribution in [3.05, 3.63) is 51.6 Å². The van der Waals surface area contributed by atoms with Crippen molar-refractivity contribution in [1.29, 1.82) is 0 Å². The fraction of sp³-hybridized carbons (Fsp3) is 0.333. The lowest BCUT2D eigenvalue weighted by Gasteiger charge is -2.14. The molecule has 1 aromatic heterocycles. The summed E-state index contributed by atoms with van der Waals surface area (Å²) < 4.78 is 0. The van der Waals surface area contributed by atoms with Crippen molar-refractivity contribution in [2.75, 3.05) is 5.32 Å². The van der Waals surface area contributed by atoms with Crippen molar-refractivity contribution in [1.82, 2.24) is 9.97 Å². The van der Waals surface area contributed by atoms with Crippen LogP contribution in [0.2, 0.25) is 0 Å². The first-order valence-electron chi connectivity index (χ1n) is 8.00. The lowest BCUT2D eigenvalue weighted by atomic mass is 10.1. The number of anilines is 1. The molecule has 1 aromatic carbocycles. The number of aromatic amines is 1. The molecule has 0 fully saturated rings. The Morgan fingerprint density at radius 1 is 1.28 bits per heavy atom. The van der Waals surface area contributed by atoms with Crippen molar-refractivity contribution < 1.29 is 9.59 Å². The fourth-order valence-electron chi connectivity index (χ4n) is 2.35. The van der Waals surface area contributed by atoms with Crippen LogP contribution >= 0.6 is 11.8 Å². The van der Waals surface area contributed by atoms with Crippen molar-refractivity contribution in [3.63, 3.8) is 0 Å². The number of aryl methyl sites for hydroxylation is 2. The zero-order valence-electron chi connectivity index (χ0n) is 14.7. The molecule has 1 heterocycles. The summed E-state index contributed by atoms with van der Waals surface area (Å²) in [5, 5.41) is 2.59. The molecule has 1 atom stereocenters. The third kappa shape index (κ3) is 4.79. The molecule has 2 aromatic rings. The molecule has 0 spiro atoms. The smallest absolute Gasteiger partial charge is 0.325 e. The number of ketones is 1. The van der Waals surface area contributed by atoms with Gasteiger partial charge in [0, 0.05) is 11.4 Å². The Labute approximate surface area is 150 Å². The average Bonchev–Trinajstić information content (AvgIpc) is 2.54. The van der Waals surface area contributed by atoms with E-state index in [4.69, 9.17) is 0 Å². The third-order valence-corrected chi connectivity index (χ3v) is 4.81. The van der Waals surface area contributed by atoms with E-state index in [-0.39, 0.29) is 16.7 Å². The van der Waals surface area contributed by atoms with Crippen LogP contribution in [0.5, 0.6) is 0 Å². The Bertz CT molecular complexity index is 844. The zero-order valence-corrected chi connectivity index (χ0v) is 15.5. The average molecular weight is 359 g/mol. The monoisotopic (exact) mass is 359 g/mol. The van der Waals surface area contributed by atoms with Crippen LogP contribution in [0.4, 0.5) is 5.69 Å². The number of aromatic nitrogens is 2. The van der Waals surface area contributed by atoms with E-state index < -0.39 is 10.9 Å². The van der Waals surface area contributed by atoms with Crippen LogP contribution in [0, 0.1) is 6.92 Å². The van der Waals surface area contributed by atoms with Crippen molar-refractivity contribution in [3.8, 4) is 0 Å². The van der Waals surface area contributed by atoms with Crippen LogP contribution < -0.4 is 11.0 Å². The molecular formula is C18H21N3O3S. The molecule has 6 nitrogen and oxygen atoms in total. The maximum Gasteiger partial charge on any atom is 0.346 e. The molecule has 0 aliphatic heterocycles. The molecule has 2 rings (SSSR count). The van der Waals surface area contributed by atoms with E-state index in [9.17, 15) is 14.4 Å². The van der Waals surface area contributed by atoms with Gasteiger partial charge in [-0.2, -0.15) is 4.98 Å². The molecule has 0 aliphatic carbocycles. The van der Waals surface area contributed by atoms with Gasteiger partial charge in [0.15, 0.2) is 5.78 Å². The van der Waals surface area contributed by atoms with Crippen molar-refractivity contribution in [2.45, 2.75) is 44.4 Å². The largest absolute Gasteiger partial charge is 0.346 e. The van der Waals surface area contributed by atoms with E-state index >= 15 is 0 Å². The Kier molecular flexibility index (Phi) is 6.14. The normalized spacial score (nSPS) is 11.8. The molecule has 7 heteroatoms. The van der Waals surface area contributed by atoms with Crippen molar-refractivity contribution in [2.24, 2.45) is 0 Å². The van der Waals surface area contributed by atoms with E-state index in [0.717, 1.165) is 18.2 Å². The Balaban J connectivity index is 2.15. The first kappa shape index (κ1) is 18.9. The maximum atomic E-state index is 12.4. The molecule has 0 bridgehead atoms. The van der Waals surface area contributed by atoms with Gasteiger partial charge in [-0.25, -0.2) is 4.79 Å². The Hall–Kier alpha value is -2.41. The summed E-state index contributed by atoms with van der Waals surface area (Å²) in [4.78, 5) is 42.2. The third-order valence-electron chi connectivity index (χ3n) is 3.73. The first-order valence-corrected chi connectivity index (χ1v) is 8.88. The molecule has 25 heavy (non-hydrogen) atoms. The number of H-pyrrole nitrogens is 1. The molecule has 0 unspecified atom stereocenters. The van der Waals surface area contributed by atoms with Gasteiger partial charge in [0.1, 0.15) is 5.03 Å². The standard InChI is InChI=1S/C18H21N3O3S/c1-5-13-6-8-14(9-7-13)20-16(23)12(4)25-17-15(11(3)22)10(2)19-18(24)21-17/h6-9,12H,5H2,1-4H3,(H,20,23)(H,19,21,24)/t12-/m0/s1. The van der Waals surface area contributed by atoms with Crippen molar-refractivity contribution >= 4 is 29.1 Å². The Morgan fingerprint density at radius 2 is 1.92 bits per heavy atom. The van der Waals surface area contributed by atoms with Gasteiger partial charge < -0.3 is 10.3 Å². The SMILES string of the molecule is CCc1ccc(NC(=O)[C@H](C)Sc2nc(=O)[nH]c(C)c2C(C)=O)cc1. The number of Topliss-reactive ketones (excluding diaryl/α,β-unsaturated/α-hetero) is 1. The molecule has 0 saturated carbocycles. The highest BCUT2D eigenvalue weighted by Crippen LogP contribution is 2.26. The van der Waals surface area contributed by atoms with Gasteiger partial charge in [-0.05, 0) is 44.9 Å². The van der Waals surface area contributed by atoms with Gasteiger partial charge in [-0.1, -0.05) is 30.8 Å². The van der Waals surface area contributed by atoms with E-state index in [2.05, 4.69) is 22.2 Å². The summed E-state index contributed by atoms with van der Waals surface area (Å²) in [5.41, 5.74) is 2.16. The molecule has 0 saturated heterocycles. The number of carbonyl (C=O) groups is 2. The van der Waals surface area contributed by atoms with Crippen LogP contribution in [-0.2, 0) is 11.2 Å². The van der Waals surface area contributed by atoms with Crippen LogP contribution in [0.15, 0.2) is 34.1 Å². The Morgan fingerprint density at radius 3 is 2.48 bits per heavy atom. The lowest BCUT2D eigenvalue weighted by Crippen LogP contribution is -2.24. The van der Waals surface area contributed by atoms with Gasteiger partial charge in [-0.3, -0.25) is 9.59 Å². The minimum atomic E-state index is -0.534. The van der Waals surface area contributed by atoms with Gasteiger partial charge in [-0.15, -0.1) is 0 Å². The molecule has 132 valence electrons. The molecule has 2 N–H and O–H groups in total. The zero-order chi connectivity index (χ0) is 18.6. The topological polar surface area (TPSA) is 91.9 Å². The number of nitrogens with zero attached hydrogens (tertiary/aromatic N) is 1. The maximum absolute atomic E-state index is 12.4. The number of amides is 1. The van der Waals surface area contributed by atoms with Gasteiger partial charge in [0.05, 0.1) is 10.8 Å². The predicted molar refractivity (Wildman–Crippen MR) is 99.4 cm³/mol. The minimum Gasteiger partial charge on any atom is -0.325 e. The first-order chi connectivity index (χ1) is 11.8.